The number of guanidine groups is 1. The third kappa shape index (κ3) is 9.59. The Labute approximate surface area is 214 Å². The molecule has 1 aliphatic rings. The fraction of sp³-hybridized carbons (Fsp3) is 0.440. The Balaban J connectivity index is 0.00000385. The molecule has 180 valence electrons. The maximum atomic E-state index is 12.1. The topological polar surface area (TPSA) is 89.0 Å². The molecule has 0 radical (unpaired) electrons. The molecule has 8 heteroatoms. The monoisotopic (exact) mass is 565 g/mol. The van der Waals surface area contributed by atoms with Gasteiger partial charge in [0.05, 0.1) is 6.54 Å². The summed E-state index contributed by atoms with van der Waals surface area (Å²) in [6, 6.07) is 15.1. The van der Waals surface area contributed by atoms with E-state index in [9.17, 15) is 9.90 Å². The number of aromatic hydroxyl groups is 1. The molecule has 1 saturated heterocycles. The summed E-state index contributed by atoms with van der Waals surface area (Å²) in [5, 5.41) is 18.9. The average molecular weight is 566 g/mol. The first-order valence-corrected chi connectivity index (χ1v) is 11.5. The number of nitrogens with zero attached hydrogens (tertiary/aromatic N) is 2. The Morgan fingerprint density at radius 1 is 1.00 bits per heavy atom. The number of phenolic OH excluding ortho intramolecular Hbond substituents is 1. The van der Waals surface area contributed by atoms with Gasteiger partial charge in [-0.1, -0.05) is 30.3 Å². The maximum Gasteiger partial charge on any atom is 0.251 e. The maximum absolute atomic E-state index is 12.1. The van der Waals surface area contributed by atoms with E-state index >= 15 is 0 Å². The Kier molecular flexibility index (Phi) is 12.0. The standard InChI is InChI=1S/C25H35N5O2.HI/c1-2-26-25(28-14-6-13-27-24(32)22-7-5-8-23(31)17-22)29-18-20-9-11-21(12-10-20)19-30-15-3-4-16-30;/h5,7-12,17,31H,2-4,6,13-16,18-19H2,1H3,(H,27,32)(H2,26,28,29);1H. The number of carbonyl (C=O) groups is 1. The zero-order valence-corrected chi connectivity index (χ0v) is 21.7. The minimum absolute atomic E-state index is 0. The fourth-order valence-corrected chi connectivity index (χ4v) is 3.71. The molecule has 0 atom stereocenters. The highest BCUT2D eigenvalue weighted by atomic mass is 127. The molecule has 4 N–H and O–H groups in total. The number of rotatable bonds is 10. The summed E-state index contributed by atoms with van der Waals surface area (Å²) in [6.07, 6.45) is 3.40. The van der Waals surface area contributed by atoms with Crippen molar-refractivity contribution in [3.8, 4) is 5.75 Å². The Hall–Kier alpha value is -2.33. The third-order valence-corrected chi connectivity index (χ3v) is 5.43. The first-order chi connectivity index (χ1) is 15.6. The van der Waals surface area contributed by atoms with E-state index in [-0.39, 0.29) is 35.6 Å². The van der Waals surface area contributed by atoms with Crippen LogP contribution in [0.5, 0.6) is 5.75 Å². The molecule has 2 aromatic rings. The Bertz CT molecular complexity index is 883. The number of benzene rings is 2. The summed E-state index contributed by atoms with van der Waals surface area (Å²) in [7, 11) is 0. The lowest BCUT2D eigenvalue weighted by Gasteiger charge is -2.14. The quantitative estimate of drug-likeness (QED) is 0.153. The van der Waals surface area contributed by atoms with Gasteiger partial charge in [-0.15, -0.1) is 24.0 Å². The number of amides is 1. The molecule has 0 aromatic heterocycles. The SMILES string of the molecule is CCNC(=NCc1ccc(CN2CCCC2)cc1)NCCCNC(=O)c1cccc(O)c1.I. The van der Waals surface area contributed by atoms with Gasteiger partial charge in [-0.25, -0.2) is 4.99 Å². The van der Waals surface area contributed by atoms with Crippen LogP contribution in [0.25, 0.3) is 0 Å². The molecule has 1 amide bonds. The second kappa shape index (κ2) is 14.7. The van der Waals surface area contributed by atoms with Gasteiger partial charge in [-0.2, -0.15) is 0 Å². The van der Waals surface area contributed by atoms with Gasteiger partial charge in [0.1, 0.15) is 5.75 Å². The van der Waals surface area contributed by atoms with Crippen molar-refractivity contribution in [2.75, 3.05) is 32.7 Å². The highest BCUT2D eigenvalue weighted by Gasteiger charge is 2.11. The van der Waals surface area contributed by atoms with Crippen LogP contribution in [0, 0.1) is 0 Å². The van der Waals surface area contributed by atoms with E-state index in [0.29, 0.717) is 25.2 Å². The van der Waals surface area contributed by atoms with Crippen molar-refractivity contribution in [2.45, 2.75) is 39.3 Å². The molecule has 2 aromatic carbocycles. The highest BCUT2D eigenvalue weighted by molar-refractivity contribution is 14.0. The first-order valence-electron chi connectivity index (χ1n) is 11.5. The van der Waals surface area contributed by atoms with E-state index in [1.165, 1.54) is 43.1 Å². The van der Waals surface area contributed by atoms with E-state index < -0.39 is 0 Å². The number of hydrogen-bond donors (Lipinski definition) is 4. The molecule has 1 fully saturated rings. The van der Waals surface area contributed by atoms with Crippen molar-refractivity contribution < 1.29 is 9.90 Å². The molecule has 7 nitrogen and oxygen atoms in total. The zero-order chi connectivity index (χ0) is 22.6. The van der Waals surface area contributed by atoms with Crippen LogP contribution in [0.3, 0.4) is 0 Å². The molecule has 1 aliphatic heterocycles. The van der Waals surface area contributed by atoms with Crippen LogP contribution < -0.4 is 16.0 Å². The second-order valence-corrected chi connectivity index (χ2v) is 8.08. The Morgan fingerprint density at radius 3 is 2.39 bits per heavy atom. The predicted octanol–water partition coefficient (Wildman–Crippen LogP) is 3.48. The number of likely N-dealkylation sites (tertiary alicyclic amines) is 1. The van der Waals surface area contributed by atoms with Crippen LogP contribution in [-0.4, -0.2) is 54.6 Å². The minimum Gasteiger partial charge on any atom is -0.508 e. The van der Waals surface area contributed by atoms with Gasteiger partial charge in [0, 0.05) is 31.7 Å². The van der Waals surface area contributed by atoms with E-state index in [2.05, 4.69) is 50.1 Å². The van der Waals surface area contributed by atoms with Gasteiger partial charge in [-0.05, 0) is 68.6 Å². The van der Waals surface area contributed by atoms with E-state index in [1.807, 2.05) is 6.92 Å². The summed E-state index contributed by atoms with van der Waals surface area (Å²) in [6.45, 7) is 8.14. The lowest BCUT2D eigenvalue weighted by Crippen LogP contribution is -2.38. The van der Waals surface area contributed by atoms with Crippen molar-refractivity contribution in [2.24, 2.45) is 4.99 Å². The van der Waals surface area contributed by atoms with Crippen molar-refractivity contribution in [1.29, 1.82) is 0 Å². The summed E-state index contributed by atoms with van der Waals surface area (Å²) in [5.74, 6) is 0.676. The van der Waals surface area contributed by atoms with Crippen LogP contribution in [-0.2, 0) is 13.1 Å². The molecular weight excluding hydrogens is 529 g/mol. The summed E-state index contributed by atoms with van der Waals surface area (Å²) >= 11 is 0. The molecule has 0 aliphatic carbocycles. The fourth-order valence-electron chi connectivity index (χ4n) is 3.71. The second-order valence-electron chi connectivity index (χ2n) is 8.08. The Morgan fingerprint density at radius 2 is 1.70 bits per heavy atom. The van der Waals surface area contributed by atoms with E-state index in [1.54, 1.807) is 18.2 Å². The van der Waals surface area contributed by atoms with Gasteiger partial charge >= 0.3 is 0 Å². The van der Waals surface area contributed by atoms with Gasteiger partial charge in [-0.3, -0.25) is 9.69 Å². The average Bonchev–Trinajstić information content (AvgIpc) is 3.31. The van der Waals surface area contributed by atoms with Gasteiger partial charge in [0.25, 0.3) is 5.91 Å². The number of phenols is 1. The molecule has 33 heavy (non-hydrogen) atoms. The number of hydrogen-bond acceptors (Lipinski definition) is 4. The van der Waals surface area contributed by atoms with Gasteiger partial charge < -0.3 is 21.1 Å². The van der Waals surface area contributed by atoms with Gasteiger partial charge in [0.15, 0.2) is 5.96 Å². The third-order valence-electron chi connectivity index (χ3n) is 5.43. The zero-order valence-electron chi connectivity index (χ0n) is 19.3. The molecule has 1 heterocycles. The van der Waals surface area contributed by atoms with Crippen molar-refractivity contribution in [3.05, 3.63) is 65.2 Å². The lowest BCUT2D eigenvalue weighted by molar-refractivity contribution is 0.0953. The number of halogens is 1. The number of nitrogens with one attached hydrogen (secondary N) is 3. The molecule has 0 saturated carbocycles. The van der Waals surface area contributed by atoms with Crippen molar-refractivity contribution in [1.82, 2.24) is 20.9 Å². The summed E-state index contributed by atoms with van der Waals surface area (Å²) < 4.78 is 0. The van der Waals surface area contributed by atoms with Gasteiger partial charge in [0.2, 0.25) is 0 Å². The van der Waals surface area contributed by atoms with E-state index in [0.717, 1.165) is 25.5 Å². The highest BCUT2D eigenvalue weighted by Crippen LogP contribution is 2.14. The normalized spacial score (nSPS) is 13.9. The molecule has 0 spiro atoms. The molecule has 0 bridgehead atoms. The number of aliphatic imine (C=N–C) groups is 1. The summed E-state index contributed by atoms with van der Waals surface area (Å²) in [4.78, 5) is 19.3. The molecule has 3 rings (SSSR count). The lowest BCUT2D eigenvalue weighted by atomic mass is 10.1. The first kappa shape index (κ1) is 26.9. The molecular formula is C25H36IN5O2. The van der Waals surface area contributed by atoms with Crippen LogP contribution >= 0.6 is 24.0 Å². The van der Waals surface area contributed by atoms with E-state index in [4.69, 9.17) is 0 Å². The predicted molar refractivity (Wildman–Crippen MR) is 144 cm³/mol. The van der Waals surface area contributed by atoms with Crippen molar-refractivity contribution >= 4 is 35.8 Å². The molecule has 0 unspecified atom stereocenters. The smallest absolute Gasteiger partial charge is 0.251 e. The van der Waals surface area contributed by atoms with Crippen LogP contribution in [0.4, 0.5) is 0 Å². The van der Waals surface area contributed by atoms with Crippen molar-refractivity contribution in [3.63, 3.8) is 0 Å². The number of carbonyl (C=O) groups excluding carboxylic acids is 1. The largest absolute Gasteiger partial charge is 0.508 e. The van der Waals surface area contributed by atoms with Crippen LogP contribution in [0.15, 0.2) is 53.5 Å². The minimum atomic E-state index is -0.186. The van der Waals surface area contributed by atoms with Crippen LogP contribution in [0.1, 0.15) is 47.7 Å². The van der Waals surface area contributed by atoms with Crippen LogP contribution in [0.2, 0.25) is 0 Å². The summed E-state index contributed by atoms with van der Waals surface area (Å²) in [5.41, 5.74) is 3.00.